The van der Waals surface area contributed by atoms with Crippen LogP contribution in [0, 0.1) is 0 Å². The second-order valence-corrected chi connectivity index (χ2v) is 8.65. The minimum atomic E-state index is -0.612. The van der Waals surface area contributed by atoms with Crippen molar-refractivity contribution in [2.75, 3.05) is 31.2 Å². The first-order valence-corrected chi connectivity index (χ1v) is 11.4. The Labute approximate surface area is 185 Å². The number of para-hydroxylation sites is 1. The molecule has 3 aromatic rings. The molecule has 31 heavy (non-hydrogen) atoms. The summed E-state index contributed by atoms with van der Waals surface area (Å²) >= 11 is 1.50. The van der Waals surface area contributed by atoms with Gasteiger partial charge in [-0.25, -0.2) is 4.39 Å². The molecule has 1 aliphatic rings. The second-order valence-electron chi connectivity index (χ2n) is 7.51. The molecule has 7 heteroatoms. The van der Waals surface area contributed by atoms with Gasteiger partial charge in [-0.3, -0.25) is 9.59 Å². The lowest BCUT2D eigenvalue weighted by Gasteiger charge is -2.30. The molecule has 0 saturated carbocycles. The number of hydrogen-bond donors (Lipinski definition) is 1. The van der Waals surface area contributed by atoms with E-state index in [9.17, 15) is 14.0 Å². The molecule has 2 aromatic carbocycles. The first-order chi connectivity index (χ1) is 15.0. The van der Waals surface area contributed by atoms with Gasteiger partial charge in [-0.05, 0) is 38.1 Å². The first-order valence-electron chi connectivity index (χ1n) is 10.5. The van der Waals surface area contributed by atoms with Gasteiger partial charge in [0.05, 0.1) is 12.2 Å². The molecule has 1 aliphatic heterocycles. The molecule has 2 amide bonds. The molecule has 1 atom stereocenters. The number of anilines is 1. The van der Waals surface area contributed by atoms with E-state index < -0.39 is 6.67 Å². The monoisotopic (exact) mass is 439 g/mol. The first kappa shape index (κ1) is 21.4. The van der Waals surface area contributed by atoms with Gasteiger partial charge >= 0.3 is 0 Å². The number of rotatable bonds is 6. The third kappa shape index (κ3) is 3.71. The van der Waals surface area contributed by atoms with Crippen LogP contribution in [0.1, 0.15) is 31.6 Å². The Morgan fingerprint density at radius 1 is 1.13 bits per heavy atom. The van der Waals surface area contributed by atoms with Crippen LogP contribution in [0.3, 0.4) is 0 Å². The minimum Gasteiger partial charge on any atom is -0.354 e. The van der Waals surface area contributed by atoms with Crippen LogP contribution in [-0.2, 0) is 9.59 Å². The number of benzene rings is 2. The molecule has 1 unspecified atom stereocenters. The Bertz CT molecular complexity index is 1140. The topological polar surface area (TPSA) is 56.4 Å². The quantitative estimate of drug-likeness (QED) is 0.576. The fourth-order valence-corrected chi connectivity index (χ4v) is 5.60. The maximum atomic E-state index is 13.5. The number of halogens is 1. The van der Waals surface area contributed by atoms with Crippen molar-refractivity contribution in [2.45, 2.75) is 30.9 Å². The van der Waals surface area contributed by atoms with Gasteiger partial charge < -0.3 is 14.8 Å². The third-order valence-corrected chi connectivity index (χ3v) is 7.05. The van der Waals surface area contributed by atoms with Gasteiger partial charge in [0.1, 0.15) is 11.9 Å². The van der Waals surface area contributed by atoms with Gasteiger partial charge in [0, 0.05) is 52.6 Å². The molecular weight excluding hydrogens is 413 g/mol. The summed E-state index contributed by atoms with van der Waals surface area (Å²) in [7, 11) is 0. The van der Waals surface area contributed by atoms with Crippen LogP contribution < -0.4 is 4.90 Å². The summed E-state index contributed by atoms with van der Waals surface area (Å²) in [4.78, 5) is 33.2. The molecule has 2 heterocycles. The van der Waals surface area contributed by atoms with Crippen molar-refractivity contribution in [2.24, 2.45) is 0 Å². The van der Waals surface area contributed by atoms with Gasteiger partial charge in [0.25, 0.3) is 0 Å². The maximum absolute atomic E-state index is 13.5. The number of H-pyrrole nitrogens is 1. The Kier molecular flexibility index (Phi) is 6.05. The highest BCUT2D eigenvalue weighted by atomic mass is 32.2. The van der Waals surface area contributed by atoms with Gasteiger partial charge in [-0.15, -0.1) is 11.8 Å². The number of aromatic nitrogens is 1. The summed E-state index contributed by atoms with van der Waals surface area (Å²) < 4.78 is 13.0. The second kappa shape index (κ2) is 8.75. The largest absolute Gasteiger partial charge is 0.354 e. The number of fused-ring (bicyclic) bond motifs is 5. The Balaban J connectivity index is 1.88. The summed E-state index contributed by atoms with van der Waals surface area (Å²) in [6.07, 6.45) is 0. The van der Waals surface area contributed by atoms with Crippen LogP contribution >= 0.6 is 11.8 Å². The molecule has 0 aliphatic carbocycles. The molecule has 0 spiro atoms. The van der Waals surface area contributed by atoms with Crippen LogP contribution in [0.25, 0.3) is 22.2 Å². The molecule has 1 N–H and O–H groups in total. The number of nitrogens with zero attached hydrogens (tertiary/aromatic N) is 2. The number of carbonyl (C=O) groups excluding carboxylic acids is 2. The van der Waals surface area contributed by atoms with Crippen molar-refractivity contribution in [3.05, 3.63) is 48.0 Å². The van der Waals surface area contributed by atoms with Crippen molar-refractivity contribution in [1.29, 1.82) is 0 Å². The average Bonchev–Trinajstić information content (AvgIpc) is 3.17. The van der Waals surface area contributed by atoms with Gasteiger partial charge in [0.2, 0.25) is 11.8 Å². The van der Waals surface area contributed by atoms with E-state index in [4.69, 9.17) is 0 Å². The number of nitrogens with one attached hydrogen (secondary N) is 1. The molecule has 0 fully saturated rings. The zero-order valence-corrected chi connectivity index (χ0v) is 18.8. The van der Waals surface area contributed by atoms with Gasteiger partial charge in [-0.1, -0.05) is 18.2 Å². The average molecular weight is 440 g/mol. The van der Waals surface area contributed by atoms with E-state index in [-0.39, 0.29) is 23.6 Å². The van der Waals surface area contributed by atoms with Gasteiger partial charge in [-0.2, -0.15) is 0 Å². The summed E-state index contributed by atoms with van der Waals surface area (Å²) in [5.74, 6) is -0.135. The van der Waals surface area contributed by atoms with E-state index in [1.807, 2.05) is 61.2 Å². The highest BCUT2D eigenvalue weighted by Gasteiger charge is 2.36. The van der Waals surface area contributed by atoms with E-state index in [0.717, 1.165) is 32.6 Å². The van der Waals surface area contributed by atoms with Crippen molar-refractivity contribution >= 4 is 40.2 Å². The molecule has 4 rings (SSSR count). The SMILES string of the molecule is CCN(CC)C(=O)C1Sc2cc(N(CCF)C(C)=O)ccc2-c2[nH]c3ccccc3c21. The van der Waals surface area contributed by atoms with Gasteiger partial charge in [0.15, 0.2) is 0 Å². The van der Waals surface area contributed by atoms with Crippen LogP contribution in [0.2, 0.25) is 0 Å². The molecule has 162 valence electrons. The van der Waals surface area contributed by atoms with E-state index >= 15 is 0 Å². The Morgan fingerprint density at radius 3 is 2.55 bits per heavy atom. The third-order valence-electron chi connectivity index (χ3n) is 5.79. The van der Waals surface area contributed by atoms with E-state index in [1.54, 1.807) is 0 Å². The van der Waals surface area contributed by atoms with Crippen LogP contribution in [-0.4, -0.2) is 48.0 Å². The molecule has 1 aromatic heterocycles. The lowest BCUT2D eigenvalue weighted by molar-refractivity contribution is -0.130. The van der Waals surface area contributed by atoms with E-state index in [2.05, 4.69) is 4.98 Å². The smallest absolute Gasteiger partial charge is 0.240 e. The lowest BCUT2D eigenvalue weighted by Crippen LogP contribution is -2.34. The number of likely N-dealkylation sites (N-methyl/N-ethyl adjacent to an activating group) is 1. The number of aromatic amines is 1. The van der Waals surface area contributed by atoms with Crippen molar-refractivity contribution in [3.8, 4) is 11.3 Å². The predicted molar refractivity (Wildman–Crippen MR) is 124 cm³/mol. The number of hydrogen-bond acceptors (Lipinski definition) is 3. The van der Waals surface area contributed by atoms with Crippen molar-refractivity contribution < 1.29 is 14.0 Å². The summed E-state index contributed by atoms with van der Waals surface area (Å²) in [5, 5.41) is 0.661. The van der Waals surface area contributed by atoms with Crippen molar-refractivity contribution in [1.82, 2.24) is 9.88 Å². The Hall–Kier alpha value is -2.80. The summed E-state index contributed by atoms with van der Waals surface area (Å²) in [6, 6.07) is 13.7. The lowest BCUT2D eigenvalue weighted by atomic mass is 10.00. The van der Waals surface area contributed by atoms with Crippen LogP contribution in [0.5, 0.6) is 0 Å². The summed E-state index contributed by atoms with van der Waals surface area (Å²) in [6.45, 7) is 6.09. The number of amides is 2. The normalized spacial score (nSPS) is 14.8. The highest BCUT2D eigenvalue weighted by molar-refractivity contribution is 8.00. The zero-order valence-electron chi connectivity index (χ0n) is 17.9. The van der Waals surface area contributed by atoms with E-state index in [1.165, 1.54) is 23.6 Å². The predicted octanol–water partition coefficient (Wildman–Crippen LogP) is 5.17. The molecule has 0 saturated heterocycles. The molecule has 0 bridgehead atoms. The summed E-state index contributed by atoms with van der Waals surface area (Å²) in [5.41, 5.74) is 4.57. The van der Waals surface area contributed by atoms with E-state index in [0.29, 0.717) is 18.8 Å². The number of thioether (sulfide) groups is 1. The fraction of sp³-hybridized carbons (Fsp3) is 0.333. The minimum absolute atomic E-state index is 0.0121. The number of alkyl halides is 1. The molecule has 0 radical (unpaired) electrons. The zero-order chi connectivity index (χ0) is 22.1. The molecular formula is C24H26FN3O2S. The van der Waals surface area contributed by atoms with Crippen LogP contribution in [0.4, 0.5) is 10.1 Å². The van der Waals surface area contributed by atoms with Crippen LogP contribution in [0.15, 0.2) is 47.4 Å². The molecule has 5 nitrogen and oxygen atoms in total. The number of carbonyl (C=O) groups is 2. The fourth-order valence-electron chi connectivity index (χ4n) is 4.25. The standard InChI is InChI=1S/C24H26FN3O2S/c1-4-27(5-2)24(30)23-21-17-8-6-7-9-19(17)26-22(21)18-11-10-16(14-20(18)31-23)28(13-12-25)15(3)29/h6-11,14,23,26H,4-5,12-13H2,1-3H3. The Morgan fingerprint density at radius 2 is 1.87 bits per heavy atom. The van der Waals surface area contributed by atoms with Crippen molar-refractivity contribution in [3.63, 3.8) is 0 Å². The highest BCUT2D eigenvalue weighted by Crippen LogP contribution is 2.52. The maximum Gasteiger partial charge on any atom is 0.240 e.